The third-order valence-electron chi connectivity index (χ3n) is 6.89. The standard InChI is InChI=1S/C28H40N2O6/c1-9-35-16-20-15-28(26(32)33,14-17(2)3)30(24(20)22-12-18(4)36-29-22)25(31)19-10-11-21(27(5,6)7)23(13-19)34-8/h10-13,17,20,24H,9,14-16H2,1-8H3,(H,32,33)/t20-,24-,28+/m1/s1. The van der Waals surface area contributed by atoms with E-state index >= 15 is 0 Å². The fraction of sp³-hybridized carbons (Fsp3) is 0.607. The number of carboxylic acid groups (broad SMARTS) is 1. The van der Waals surface area contributed by atoms with Crippen molar-refractivity contribution >= 4 is 11.9 Å². The first-order valence-corrected chi connectivity index (χ1v) is 12.6. The van der Waals surface area contributed by atoms with E-state index in [4.69, 9.17) is 14.0 Å². The van der Waals surface area contributed by atoms with Crippen molar-refractivity contribution in [3.8, 4) is 5.75 Å². The average Bonchev–Trinajstić information content (AvgIpc) is 3.37. The number of carboxylic acids is 1. The van der Waals surface area contributed by atoms with Gasteiger partial charge in [-0.05, 0) is 55.7 Å². The third kappa shape index (κ3) is 5.28. The van der Waals surface area contributed by atoms with Gasteiger partial charge in [0.05, 0.1) is 19.8 Å². The van der Waals surface area contributed by atoms with Gasteiger partial charge in [0.2, 0.25) is 0 Å². The summed E-state index contributed by atoms with van der Waals surface area (Å²) >= 11 is 0. The molecule has 2 aromatic rings. The van der Waals surface area contributed by atoms with E-state index < -0.39 is 17.6 Å². The van der Waals surface area contributed by atoms with E-state index in [1.165, 1.54) is 4.90 Å². The van der Waals surface area contributed by atoms with Gasteiger partial charge in [-0.2, -0.15) is 0 Å². The largest absolute Gasteiger partial charge is 0.496 e. The number of nitrogens with zero attached hydrogens (tertiary/aromatic N) is 2. The van der Waals surface area contributed by atoms with Gasteiger partial charge < -0.3 is 24.0 Å². The second kappa shape index (κ2) is 10.6. The van der Waals surface area contributed by atoms with Gasteiger partial charge in [-0.3, -0.25) is 4.79 Å². The number of amides is 1. The molecule has 36 heavy (non-hydrogen) atoms. The van der Waals surface area contributed by atoms with Crippen molar-refractivity contribution in [2.45, 2.75) is 78.3 Å². The van der Waals surface area contributed by atoms with Crippen molar-refractivity contribution < 1.29 is 28.7 Å². The molecule has 1 saturated heterocycles. The lowest BCUT2D eigenvalue weighted by atomic mass is 9.83. The lowest BCUT2D eigenvalue weighted by molar-refractivity contribution is -0.150. The molecule has 8 nitrogen and oxygen atoms in total. The van der Waals surface area contributed by atoms with Crippen LogP contribution < -0.4 is 4.74 Å². The minimum absolute atomic E-state index is 0.0414. The van der Waals surface area contributed by atoms with Gasteiger partial charge in [0.25, 0.3) is 5.91 Å². The fourth-order valence-electron chi connectivity index (χ4n) is 5.48. The molecule has 1 N–H and O–H groups in total. The highest BCUT2D eigenvalue weighted by atomic mass is 16.5. The van der Waals surface area contributed by atoms with Crippen LogP contribution in [0.4, 0.5) is 0 Å². The van der Waals surface area contributed by atoms with Gasteiger partial charge in [-0.25, -0.2) is 4.79 Å². The molecular weight excluding hydrogens is 460 g/mol. The summed E-state index contributed by atoms with van der Waals surface area (Å²) < 4.78 is 16.8. The molecule has 0 saturated carbocycles. The molecule has 0 spiro atoms. The van der Waals surface area contributed by atoms with Gasteiger partial charge in [0, 0.05) is 24.2 Å². The lowest BCUT2D eigenvalue weighted by Gasteiger charge is -2.39. The van der Waals surface area contributed by atoms with Crippen molar-refractivity contribution in [2.24, 2.45) is 11.8 Å². The van der Waals surface area contributed by atoms with E-state index in [0.717, 1.165) is 5.56 Å². The first-order valence-electron chi connectivity index (χ1n) is 12.6. The number of likely N-dealkylation sites (tertiary alicyclic amines) is 1. The lowest BCUT2D eigenvalue weighted by Crippen LogP contribution is -2.54. The molecule has 198 valence electrons. The normalized spacial score (nSPS) is 22.3. The molecule has 1 aliphatic rings. The molecular formula is C28H40N2O6. The maximum absolute atomic E-state index is 14.3. The zero-order valence-electron chi connectivity index (χ0n) is 22.8. The topological polar surface area (TPSA) is 102 Å². The minimum Gasteiger partial charge on any atom is -0.496 e. The number of carbonyl (C=O) groups is 2. The van der Waals surface area contributed by atoms with Crippen LogP contribution in [0.15, 0.2) is 28.8 Å². The zero-order valence-corrected chi connectivity index (χ0v) is 22.8. The molecule has 8 heteroatoms. The van der Waals surface area contributed by atoms with Crippen LogP contribution in [0.3, 0.4) is 0 Å². The number of rotatable bonds is 9. The maximum Gasteiger partial charge on any atom is 0.329 e. The van der Waals surface area contributed by atoms with Crippen LogP contribution in [0.2, 0.25) is 0 Å². The van der Waals surface area contributed by atoms with Crippen LogP contribution in [-0.4, -0.2) is 52.9 Å². The summed E-state index contributed by atoms with van der Waals surface area (Å²) in [5.41, 5.74) is 0.270. The number of hydrogen-bond acceptors (Lipinski definition) is 6. The molecule has 1 fully saturated rings. The highest BCUT2D eigenvalue weighted by Gasteiger charge is 2.59. The molecule has 3 atom stereocenters. The summed E-state index contributed by atoms with van der Waals surface area (Å²) in [4.78, 5) is 28.8. The van der Waals surface area contributed by atoms with Gasteiger partial charge in [0.1, 0.15) is 22.7 Å². The average molecular weight is 501 g/mol. The minimum atomic E-state index is -1.42. The summed E-state index contributed by atoms with van der Waals surface area (Å²) in [6.07, 6.45) is 0.571. The number of benzene rings is 1. The number of aromatic nitrogens is 1. The summed E-state index contributed by atoms with van der Waals surface area (Å²) in [5, 5.41) is 14.9. The number of methoxy groups -OCH3 is 1. The van der Waals surface area contributed by atoms with Gasteiger partial charge in [0.15, 0.2) is 0 Å². The molecule has 0 radical (unpaired) electrons. The Morgan fingerprint density at radius 1 is 1.28 bits per heavy atom. The predicted octanol–water partition coefficient (Wildman–Crippen LogP) is 5.40. The molecule has 0 unspecified atom stereocenters. The molecule has 1 amide bonds. The van der Waals surface area contributed by atoms with E-state index in [1.807, 2.05) is 26.8 Å². The maximum atomic E-state index is 14.3. The smallest absolute Gasteiger partial charge is 0.329 e. The molecule has 1 aliphatic heterocycles. The fourth-order valence-corrected chi connectivity index (χ4v) is 5.48. The number of aryl methyl sites for hydroxylation is 1. The number of hydrogen-bond donors (Lipinski definition) is 1. The Morgan fingerprint density at radius 3 is 2.47 bits per heavy atom. The molecule has 3 rings (SSSR count). The third-order valence-corrected chi connectivity index (χ3v) is 6.89. The Kier molecular flexibility index (Phi) is 8.18. The van der Waals surface area contributed by atoms with Crippen LogP contribution in [0.1, 0.15) is 87.8 Å². The molecule has 1 aromatic heterocycles. The Bertz CT molecular complexity index is 1090. The van der Waals surface area contributed by atoms with Gasteiger partial charge >= 0.3 is 5.97 Å². The Hall–Kier alpha value is -2.87. The Morgan fingerprint density at radius 2 is 1.97 bits per heavy atom. The van der Waals surface area contributed by atoms with Gasteiger partial charge in [-0.15, -0.1) is 0 Å². The molecule has 2 heterocycles. The Balaban J connectivity index is 2.21. The highest BCUT2D eigenvalue weighted by Crippen LogP contribution is 2.50. The van der Waals surface area contributed by atoms with E-state index in [0.29, 0.717) is 42.4 Å². The van der Waals surface area contributed by atoms with Crippen LogP contribution in [0.25, 0.3) is 0 Å². The van der Waals surface area contributed by atoms with Crippen LogP contribution in [-0.2, 0) is 14.9 Å². The monoisotopic (exact) mass is 500 g/mol. The summed E-state index contributed by atoms with van der Waals surface area (Å²) in [7, 11) is 1.58. The number of ether oxygens (including phenoxy) is 2. The number of aliphatic carboxylic acids is 1. The summed E-state index contributed by atoms with van der Waals surface area (Å²) in [5.74, 6) is -0.422. The number of carbonyl (C=O) groups excluding carboxylic acids is 1. The van der Waals surface area contributed by atoms with Crippen molar-refractivity contribution in [3.63, 3.8) is 0 Å². The van der Waals surface area contributed by atoms with Crippen molar-refractivity contribution in [3.05, 3.63) is 46.8 Å². The molecule has 0 bridgehead atoms. The van der Waals surface area contributed by atoms with Crippen molar-refractivity contribution in [1.29, 1.82) is 0 Å². The van der Waals surface area contributed by atoms with E-state index in [9.17, 15) is 14.7 Å². The second-order valence-electron chi connectivity index (χ2n) is 11.2. The van der Waals surface area contributed by atoms with Crippen molar-refractivity contribution in [2.75, 3.05) is 20.3 Å². The molecule has 0 aliphatic carbocycles. The van der Waals surface area contributed by atoms with E-state index in [1.54, 1.807) is 32.2 Å². The summed E-state index contributed by atoms with van der Waals surface area (Å²) in [6, 6.07) is 6.53. The van der Waals surface area contributed by atoms with Crippen LogP contribution >= 0.6 is 0 Å². The van der Waals surface area contributed by atoms with Gasteiger partial charge in [-0.1, -0.05) is 45.8 Å². The predicted molar refractivity (Wildman–Crippen MR) is 136 cm³/mol. The van der Waals surface area contributed by atoms with Crippen molar-refractivity contribution in [1.82, 2.24) is 10.1 Å². The van der Waals surface area contributed by atoms with E-state index in [-0.39, 0.29) is 29.6 Å². The zero-order chi connectivity index (χ0) is 26.8. The van der Waals surface area contributed by atoms with E-state index in [2.05, 4.69) is 25.9 Å². The van der Waals surface area contributed by atoms with Crippen LogP contribution in [0, 0.1) is 18.8 Å². The Labute approximate surface area is 213 Å². The summed E-state index contributed by atoms with van der Waals surface area (Å²) in [6.45, 7) is 14.7. The molecule has 1 aromatic carbocycles. The SMILES string of the molecule is CCOC[C@H]1C[C@@](CC(C)C)(C(=O)O)N(C(=O)c2ccc(C(C)(C)C)c(OC)c2)[C@H]1c1cc(C)on1. The van der Waals surface area contributed by atoms with Crippen LogP contribution in [0.5, 0.6) is 5.75 Å². The second-order valence-corrected chi connectivity index (χ2v) is 11.2. The first kappa shape index (κ1) is 27.7. The quantitative estimate of drug-likeness (QED) is 0.492. The first-order chi connectivity index (χ1) is 16.9. The highest BCUT2D eigenvalue weighted by molar-refractivity contribution is 5.99.